The molecule has 1 aliphatic heterocycles. The minimum absolute atomic E-state index is 0.104. The average Bonchev–Trinajstić information content (AvgIpc) is 2.70. The number of hydrogen-bond donors (Lipinski definition) is 2. The normalized spacial score (nSPS) is 24.7. The summed E-state index contributed by atoms with van der Waals surface area (Å²) in [5.74, 6) is 0.139. The summed E-state index contributed by atoms with van der Waals surface area (Å²) in [7, 11) is 0. The summed E-state index contributed by atoms with van der Waals surface area (Å²) in [4.78, 5) is 13.6. The van der Waals surface area contributed by atoms with E-state index < -0.39 is 5.97 Å². The van der Waals surface area contributed by atoms with Crippen molar-refractivity contribution in [2.75, 3.05) is 26.2 Å². The smallest absolute Gasteiger partial charge is 0.306 e. The first-order valence-electron chi connectivity index (χ1n) is 10.9. The Morgan fingerprint density at radius 1 is 1.00 bits per heavy atom. The molecule has 1 aliphatic carbocycles. The zero-order valence-electron chi connectivity index (χ0n) is 16.6. The molecule has 2 fully saturated rings. The number of nitrogens with zero attached hydrogens (tertiary/aromatic N) is 1. The third-order valence-corrected chi connectivity index (χ3v) is 6.48. The molecule has 150 valence electrons. The molecule has 0 amide bonds. The lowest BCUT2D eigenvalue weighted by Crippen LogP contribution is -2.36. The number of piperidine rings is 1. The number of carboxylic acid groups (broad SMARTS) is 1. The second-order valence-electron chi connectivity index (χ2n) is 8.52. The van der Waals surface area contributed by atoms with Gasteiger partial charge in [0.05, 0.1) is 5.92 Å². The lowest BCUT2D eigenvalue weighted by Gasteiger charge is -2.32. The van der Waals surface area contributed by atoms with Gasteiger partial charge in [-0.25, -0.2) is 0 Å². The number of likely N-dealkylation sites (tertiary alicyclic amines) is 1. The van der Waals surface area contributed by atoms with Gasteiger partial charge in [-0.15, -0.1) is 0 Å². The minimum Gasteiger partial charge on any atom is -0.481 e. The van der Waals surface area contributed by atoms with Gasteiger partial charge >= 0.3 is 5.97 Å². The molecule has 0 unspecified atom stereocenters. The third kappa shape index (κ3) is 6.93. The summed E-state index contributed by atoms with van der Waals surface area (Å²) in [6, 6.07) is 11.4. The quantitative estimate of drug-likeness (QED) is 0.645. The molecule has 4 heteroatoms. The number of carboxylic acids is 1. The van der Waals surface area contributed by atoms with Gasteiger partial charge in [0.2, 0.25) is 0 Å². The molecule has 0 aromatic heterocycles. The van der Waals surface area contributed by atoms with Crippen LogP contribution in [-0.2, 0) is 11.2 Å². The summed E-state index contributed by atoms with van der Waals surface area (Å²) in [6.07, 6.45) is 10.1. The largest absolute Gasteiger partial charge is 0.481 e. The van der Waals surface area contributed by atoms with Crippen molar-refractivity contribution in [1.29, 1.82) is 0 Å². The van der Waals surface area contributed by atoms with E-state index in [1.807, 2.05) is 0 Å². The van der Waals surface area contributed by atoms with E-state index in [0.717, 1.165) is 38.1 Å². The van der Waals surface area contributed by atoms with Crippen molar-refractivity contribution in [1.82, 2.24) is 10.2 Å². The summed E-state index contributed by atoms with van der Waals surface area (Å²) < 4.78 is 0. The zero-order valence-corrected chi connectivity index (χ0v) is 16.6. The minimum atomic E-state index is -0.610. The van der Waals surface area contributed by atoms with Crippen LogP contribution in [0.5, 0.6) is 0 Å². The standard InChI is InChI=1S/C23H36N2O2/c26-23(27)21-8-10-22(11-9-21)24-14-4-5-15-25-16-12-20(13-17-25)18-19-6-2-1-3-7-19/h1-3,6-7,20-22,24H,4-5,8-18H2,(H,26,27). The van der Waals surface area contributed by atoms with Gasteiger partial charge in [0.15, 0.2) is 0 Å². The van der Waals surface area contributed by atoms with Crippen molar-refractivity contribution in [2.24, 2.45) is 11.8 Å². The Morgan fingerprint density at radius 2 is 1.70 bits per heavy atom. The van der Waals surface area contributed by atoms with Crippen LogP contribution in [0, 0.1) is 11.8 Å². The van der Waals surface area contributed by atoms with E-state index in [9.17, 15) is 4.79 Å². The first-order chi connectivity index (χ1) is 13.2. The molecule has 1 heterocycles. The molecule has 2 N–H and O–H groups in total. The van der Waals surface area contributed by atoms with E-state index in [4.69, 9.17) is 5.11 Å². The first-order valence-corrected chi connectivity index (χ1v) is 10.9. The van der Waals surface area contributed by atoms with Crippen LogP contribution in [-0.4, -0.2) is 48.2 Å². The van der Waals surface area contributed by atoms with Crippen LogP contribution in [0.25, 0.3) is 0 Å². The van der Waals surface area contributed by atoms with Gasteiger partial charge in [-0.05, 0) is 95.4 Å². The van der Waals surface area contributed by atoms with Crippen molar-refractivity contribution < 1.29 is 9.90 Å². The highest BCUT2D eigenvalue weighted by Crippen LogP contribution is 2.24. The fourth-order valence-corrected chi connectivity index (χ4v) is 4.67. The molecule has 1 aromatic carbocycles. The highest BCUT2D eigenvalue weighted by molar-refractivity contribution is 5.70. The van der Waals surface area contributed by atoms with Crippen molar-refractivity contribution in [2.45, 2.75) is 63.8 Å². The summed E-state index contributed by atoms with van der Waals surface area (Å²) >= 11 is 0. The van der Waals surface area contributed by atoms with Gasteiger partial charge in [-0.1, -0.05) is 30.3 Å². The van der Waals surface area contributed by atoms with E-state index in [-0.39, 0.29) is 5.92 Å². The van der Waals surface area contributed by atoms with Crippen LogP contribution in [0.4, 0.5) is 0 Å². The SMILES string of the molecule is O=C(O)C1CCC(NCCCCN2CCC(Cc3ccccc3)CC2)CC1. The molecule has 1 aromatic rings. The van der Waals surface area contributed by atoms with Gasteiger partial charge in [-0.3, -0.25) is 4.79 Å². The Kier molecular flexibility index (Phi) is 8.15. The van der Waals surface area contributed by atoms with Crippen LogP contribution in [0.15, 0.2) is 30.3 Å². The Balaban J connectivity index is 1.20. The van der Waals surface area contributed by atoms with Crippen LogP contribution in [0.1, 0.15) is 56.9 Å². The third-order valence-electron chi connectivity index (χ3n) is 6.48. The van der Waals surface area contributed by atoms with Crippen LogP contribution >= 0.6 is 0 Å². The highest BCUT2D eigenvalue weighted by atomic mass is 16.4. The molecule has 27 heavy (non-hydrogen) atoms. The second-order valence-corrected chi connectivity index (χ2v) is 8.52. The number of benzene rings is 1. The number of carbonyl (C=O) groups is 1. The first kappa shape index (κ1) is 20.3. The molecule has 3 rings (SSSR count). The zero-order chi connectivity index (χ0) is 18.9. The van der Waals surface area contributed by atoms with Crippen LogP contribution < -0.4 is 5.32 Å². The van der Waals surface area contributed by atoms with Gasteiger partial charge in [0.1, 0.15) is 0 Å². The maximum Gasteiger partial charge on any atom is 0.306 e. The fraction of sp³-hybridized carbons (Fsp3) is 0.696. The number of aliphatic carboxylic acids is 1. The number of unbranched alkanes of at least 4 members (excludes halogenated alkanes) is 1. The molecular weight excluding hydrogens is 336 g/mol. The molecule has 0 radical (unpaired) electrons. The number of nitrogens with one attached hydrogen (secondary N) is 1. The molecule has 2 aliphatic rings. The van der Waals surface area contributed by atoms with Gasteiger partial charge in [0, 0.05) is 6.04 Å². The highest BCUT2D eigenvalue weighted by Gasteiger charge is 2.25. The second kappa shape index (κ2) is 10.8. The molecule has 0 atom stereocenters. The summed E-state index contributed by atoms with van der Waals surface area (Å²) in [5, 5.41) is 12.7. The van der Waals surface area contributed by atoms with Gasteiger partial charge in [0.25, 0.3) is 0 Å². The number of hydrogen-bond acceptors (Lipinski definition) is 3. The fourth-order valence-electron chi connectivity index (χ4n) is 4.67. The summed E-state index contributed by atoms with van der Waals surface area (Å²) in [5.41, 5.74) is 1.49. The maximum atomic E-state index is 11.0. The Hall–Kier alpha value is -1.39. The molecule has 0 bridgehead atoms. The van der Waals surface area contributed by atoms with E-state index >= 15 is 0 Å². The Morgan fingerprint density at radius 3 is 2.37 bits per heavy atom. The molecule has 1 saturated carbocycles. The van der Waals surface area contributed by atoms with Crippen LogP contribution in [0.3, 0.4) is 0 Å². The molecule has 0 spiro atoms. The van der Waals surface area contributed by atoms with E-state index in [1.165, 1.54) is 57.3 Å². The van der Waals surface area contributed by atoms with Crippen molar-refractivity contribution in [3.05, 3.63) is 35.9 Å². The van der Waals surface area contributed by atoms with E-state index in [0.29, 0.717) is 6.04 Å². The molecule has 4 nitrogen and oxygen atoms in total. The Labute approximate surface area is 164 Å². The Bertz CT molecular complexity index is 547. The lowest BCUT2D eigenvalue weighted by molar-refractivity contribution is -0.142. The predicted molar refractivity (Wildman–Crippen MR) is 110 cm³/mol. The monoisotopic (exact) mass is 372 g/mol. The topological polar surface area (TPSA) is 52.6 Å². The lowest BCUT2D eigenvalue weighted by atomic mass is 9.86. The van der Waals surface area contributed by atoms with Crippen LogP contribution in [0.2, 0.25) is 0 Å². The van der Waals surface area contributed by atoms with E-state index in [1.54, 1.807) is 0 Å². The van der Waals surface area contributed by atoms with Crippen molar-refractivity contribution in [3.8, 4) is 0 Å². The molecular formula is C23H36N2O2. The predicted octanol–water partition coefficient (Wildman–Crippen LogP) is 3.95. The van der Waals surface area contributed by atoms with Gasteiger partial charge in [-0.2, -0.15) is 0 Å². The van der Waals surface area contributed by atoms with Crippen molar-refractivity contribution in [3.63, 3.8) is 0 Å². The summed E-state index contributed by atoms with van der Waals surface area (Å²) in [6.45, 7) is 4.81. The van der Waals surface area contributed by atoms with E-state index in [2.05, 4.69) is 40.5 Å². The molecule has 1 saturated heterocycles. The maximum absolute atomic E-state index is 11.0. The van der Waals surface area contributed by atoms with Gasteiger partial charge < -0.3 is 15.3 Å². The van der Waals surface area contributed by atoms with Crippen molar-refractivity contribution >= 4 is 5.97 Å². The number of rotatable bonds is 9. The average molecular weight is 373 g/mol.